The van der Waals surface area contributed by atoms with E-state index in [-0.39, 0.29) is 6.23 Å². The Labute approximate surface area is 77.9 Å². The molecule has 0 aromatic rings. The third-order valence-electron chi connectivity index (χ3n) is 3.70. The van der Waals surface area contributed by atoms with Crippen molar-refractivity contribution in [3.63, 3.8) is 0 Å². The smallest absolute Gasteiger partial charge is 0.136 e. The Morgan fingerprint density at radius 1 is 1.38 bits per heavy atom. The van der Waals surface area contributed by atoms with Gasteiger partial charge in [-0.3, -0.25) is 10.2 Å². The summed E-state index contributed by atoms with van der Waals surface area (Å²) in [4.78, 5) is 5.41. The van der Waals surface area contributed by atoms with E-state index in [2.05, 4.69) is 10.8 Å². The highest BCUT2D eigenvalue weighted by molar-refractivity contribution is 5.00. The molecule has 4 nitrogen and oxygen atoms in total. The lowest BCUT2D eigenvalue weighted by atomic mass is 9.77. The van der Waals surface area contributed by atoms with Gasteiger partial charge < -0.3 is 4.74 Å². The van der Waals surface area contributed by atoms with Crippen molar-refractivity contribution < 1.29 is 9.57 Å². The van der Waals surface area contributed by atoms with E-state index >= 15 is 0 Å². The van der Waals surface area contributed by atoms with Crippen LogP contribution in [0.5, 0.6) is 0 Å². The highest BCUT2D eigenvalue weighted by Crippen LogP contribution is 2.42. The van der Waals surface area contributed by atoms with Crippen molar-refractivity contribution in [2.24, 2.45) is 11.8 Å². The number of ether oxygens (including phenoxy) is 1. The summed E-state index contributed by atoms with van der Waals surface area (Å²) in [6.45, 7) is 0. The second kappa shape index (κ2) is 2.92. The normalized spacial score (nSPS) is 53.8. The third-order valence-corrected chi connectivity index (χ3v) is 3.70. The molecule has 3 fully saturated rings. The van der Waals surface area contributed by atoms with E-state index in [1.54, 1.807) is 0 Å². The van der Waals surface area contributed by atoms with Gasteiger partial charge >= 0.3 is 0 Å². The molecule has 2 saturated heterocycles. The average Bonchev–Trinajstić information content (AvgIpc) is 2.77. The molecule has 4 heteroatoms. The van der Waals surface area contributed by atoms with Crippen LogP contribution in [-0.4, -0.2) is 25.6 Å². The molecule has 5 unspecified atom stereocenters. The van der Waals surface area contributed by atoms with Crippen molar-refractivity contribution in [2.75, 3.05) is 7.11 Å². The number of nitrogens with one attached hydrogen (secondary N) is 2. The summed E-state index contributed by atoms with van der Waals surface area (Å²) in [6, 6.07) is 0. The second-order valence-corrected chi connectivity index (χ2v) is 4.25. The minimum atomic E-state index is 0.181. The molecule has 0 aromatic carbocycles. The van der Waals surface area contributed by atoms with E-state index in [0.717, 1.165) is 0 Å². The molecule has 3 aliphatic rings. The van der Waals surface area contributed by atoms with Gasteiger partial charge in [-0.05, 0) is 18.8 Å². The molecule has 3 rings (SSSR count). The lowest BCUT2D eigenvalue weighted by Gasteiger charge is -2.38. The van der Waals surface area contributed by atoms with Crippen LogP contribution in [0.4, 0.5) is 0 Å². The first-order valence-corrected chi connectivity index (χ1v) is 5.10. The van der Waals surface area contributed by atoms with E-state index in [4.69, 9.17) is 9.57 Å². The number of fused-ring (bicyclic) bond motifs is 5. The van der Waals surface area contributed by atoms with Crippen LogP contribution in [0.25, 0.3) is 0 Å². The molecular weight excluding hydrogens is 168 g/mol. The SMILES string of the molecule is COC1CCCC2C3NOC(N3)C12. The van der Waals surface area contributed by atoms with Crippen molar-refractivity contribution in [1.29, 1.82) is 0 Å². The van der Waals surface area contributed by atoms with Crippen LogP contribution in [0.3, 0.4) is 0 Å². The highest BCUT2D eigenvalue weighted by atomic mass is 16.7. The van der Waals surface area contributed by atoms with Gasteiger partial charge in [0, 0.05) is 13.0 Å². The maximum Gasteiger partial charge on any atom is 0.136 e. The summed E-state index contributed by atoms with van der Waals surface area (Å²) >= 11 is 0. The Kier molecular flexibility index (Phi) is 1.83. The molecule has 1 aliphatic carbocycles. The minimum absolute atomic E-state index is 0.181. The number of hydrogen-bond acceptors (Lipinski definition) is 4. The lowest BCUT2D eigenvalue weighted by Crippen LogP contribution is -2.46. The van der Waals surface area contributed by atoms with Crippen LogP contribution in [0.2, 0.25) is 0 Å². The molecule has 0 radical (unpaired) electrons. The summed E-state index contributed by atoms with van der Waals surface area (Å²) in [5.74, 6) is 1.27. The molecular formula is C9H16N2O2. The molecule has 0 spiro atoms. The van der Waals surface area contributed by atoms with Crippen LogP contribution in [0.1, 0.15) is 19.3 Å². The molecule has 1 saturated carbocycles. The number of hydroxylamine groups is 1. The zero-order chi connectivity index (χ0) is 8.84. The van der Waals surface area contributed by atoms with Crippen LogP contribution < -0.4 is 10.8 Å². The Hall–Kier alpha value is -0.160. The van der Waals surface area contributed by atoms with Crippen molar-refractivity contribution >= 4 is 0 Å². The second-order valence-electron chi connectivity index (χ2n) is 4.25. The molecule has 2 heterocycles. The van der Waals surface area contributed by atoms with E-state index in [9.17, 15) is 0 Å². The Morgan fingerprint density at radius 3 is 3.15 bits per heavy atom. The monoisotopic (exact) mass is 184 g/mol. The van der Waals surface area contributed by atoms with Gasteiger partial charge in [-0.25, -0.2) is 0 Å². The Bertz CT molecular complexity index is 212. The molecule has 0 aromatic heterocycles. The molecule has 74 valence electrons. The summed E-state index contributed by atoms with van der Waals surface area (Å²) in [6.07, 6.45) is 4.71. The quantitative estimate of drug-likeness (QED) is 0.611. The Morgan fingerprint density at radius 2 is 2.31 bits per heavy atom. The lowest BCUT2D eigenvalue weighted by molar-refractivity contribution is -0.121. The first kappa shape index (κ1) is 8.17. The fourth-order valence-electron chi connectivity index (χ4n) is 3.09. The van der Waals surface area contributed by atoms with Crippen molar-refractivity contribution in [3.05, 3.63) is 0 Å². The number of rotatable bonds is 1. The molecule has 5 atom stereocenters. The zero-order valence-corrected chi connectivity index (χ0v) is 7.82. The van der Waals surface area contributed by atoms with Crippen molar-refractivity contribution in [1.82, 2.24) is 10.8 Å². The fraction of sp³-hybridized carbons (Fsp3) is 1.00. The molecule has 2 bridgehead atoms. The fourth-order valence-corrected chi connectivity index (χ4v) is 3.09. The van der Waals surface area contributed by atoms with Crippen LogP contribution in [0.15, 0.2) is 0 Å². The van der Waals surface area contributed by atoms with Crippen LogP contribution in [0, 0.1) is 11.8 Å². The maximum absolute atomic E-state index is 5.51. The van der Waals surface area contributed by atoms with Gasteiger partial charge in [0.2, 0.25) is 0 Å². The summed E-state index contributed by atoms with van der Waals surface area (Å²) in [7, 11) is 1.81. The van der Waals surface area contributed by atoms with Gasteiger partial charge in [0.05, 0.1) is 12.3 Å². The van der Waals surface area contributed by atoms with Crippen molar-refractivity contribution in [2.45, 2.75) is 37.8 Å². The van der Waals surface area contributed by atoms with Gasteiger partial charge in [-0.15, -0.1) is 0 Å². The summed E-state index contributed by atoms with van der Waals surface area (Å²) < 4.78 is 5.51. The highest BCUT2D eigenvalue weighted by Gasteiger charge is 2.53. The first-order chi connectivity index (χ1) is 6.40. The average molecular weight is 184 g/mol. The van der Waals surface area contributed by atoms with Gasteiger partial charge in [0.1, 0.15) is 6.23 Å². The predicted molar refractivity (Wildman–Crippen MR) is 46.6 cm³/mol. The summed E-state index contributed by atoms with van der Waals surface area (Å²) in [5.41, 5.74) is 3.03. The van der Waals surface area contributed by atoms with Crippen LogP contribution >= 0.6 is 0 Å². The van der Waals surface area contributed by atoms with Crippen molar-refractivity contribution in [3.8, 4) is 0 Å². The predicted octanol–water partition coefficient (Wildman–Crippen LogP) is 0.208. The largest absolute Gasteiger partial charge is 0.381 e. The first-order valence-electron chi connectivity index (χ1n) is 5.10. The van der Waals surface area contributed by atoms with Gasteiger partial charge in [-0.1, -0.05) is 6.42 Å². The van der Waals surface area contributed by atoms with Gasteiger partial charge in [-0.2, -0.15) is 5.48 Å². The Balaban J connectivity index is 1.83. The van der Waals surface area contributed by atoms with Gasteiger partial charge in [0.25, 0.3) is 0 Å². The van der Waals surface area contributed by atoms with E-state index in [1.165, 1.54) is 19.3 Å². The molecule has 2 N–H and O–H groups in total. The molecule has 13 heavy (non-hydrogen) atoms. The zero-order valence-electron chi connectivity index (χ0n) is 7.82. The van der Waals surface area contributed by atoms with E-state index in [1.807, 2.05) is 7.11 Å². The number of hydrogen-bond donors (Lipinski definition) is 2. The number of methoxy groups -OCH3 is 1. The topological polar surface area (TPSA) is 42.5 Å². The van der Waals surface area contributed by atoms with Gasteiger partial charge in [0.15, 0.2) is 0 Å². The summed E-state index contributed by atoms with van der Waals surface area (Å²) in [5, 5.41) is 3.42. The minimum Gasteiger partial charge on any atom is -0.381 e. The van der Waals surface area contributed by atoms with Crippen LogP contribution in [-0.2, 0) is 9.57 Å². The van der Waals surface area contributed by atoms with E-state index < -0.39 is 0 Å². The third kappa shape index (κ3) is 1.06. The van der Waals surface area contributed by atoms with E-state index in [0.29, 0.717) is 24.1 Å². The standard InChI is InChI=1S/C9H16N2O2/c1-12-6-4-2-3-5-7(6)9-10-8(5)11-13-9/h5-11H,2-4H2,1H3. The molecule has 2 aliphatic heterocycles. The maximum atomic E-state index is 5.51. The molecule has 0 amide bonds.